The lowest BCUT2D eigenvalue weighted by molar-refractivity contribution is -0.119. The molecule has 1 heterocycles. The first-order valence-electron chi connectivity index (χ1n) is 10.6. The largest absolute Gasteiger partial charge is 0.497 e. The minimum absolute atomic E-state index is 0.0740. The number of amides is 2. The van der Waals surface area contributed by atoms with Crippen LogP contribution >= 0.6 is 11.3 Å². The Hall–Kier alpha value is -4.18. The Morgan fingerprint density at radius 1 is 0.886 bits per heavy atom. The zero-order valence-electron chi connectivity index (χ0n) is 19.4. The lowest BCUT2D eigenvalue weighted by Gasteiger charge is -2.08. The van der Waals surface area contributed by atoms with Gasteiger partial charge < -0.3 is 24.8 Å². The Bertz CT molecular complexity index is 1220. The third-order valence-corrected chi connectivity index (χ3v) is 5.98. The average molecular weight is 497 g/mol. The van der Waals surface area contributed by atoms with E-state index in [4.69, 9.17) is 14.2 Å². The van der Waals surface area contributed by atoms with Crippen LogP contribution in [0, 0.1) is 6.92 Å². The van der Waals surface area contributed by atoms with Crippen molar-refractivity contribution in [3.8, 4) is 5.75 Å². The highest BCUT2D eigenvalue weighted by Crippen LogP contribution is 2.34. The molecule has 1 aromatic heterocycles. The van der Waals surface area contributed by atoms with Gasteiger partial charge in [-0.25, -0.2) is 9.59 Å². The maximum Gasteiger partial charge on any atom is 0.341 e. The van der Waals surface area contributed by atoms with Crippen molar-refractivity contribution in [2.75, 3.05) is 31.0 Å². The van der Waals surface area contributed by atoms with Crippen molar-refractivity contribution in [2.24, 2.45) is 0 Å². The van der Waals surface area contributed by atoms with Gasteiger partial charge in [-0.1, -0.05) is 18.2 Å². The number of hydrogen-bond donors (Lipinski definition) is 2. The average Bonchev–Trinajstić information content (AvgIpc) is 3.19. The van der Waals surface area contributed by atoms with E-state index in [1.807, 2.05) is 6.07 Å². The Morgan fingerprint density at radius 3 is 2.20 bits per heavy atom. The van der Waals surface area contributed by atoms with Crippen LogP contribution in [0.25, 0.3) is 0 Å². The van der Waals surface area contributed by atoms with E-state index in [0.29, 0.717) is 17.0 Å². The molecule has 3 rings (SSSR count). The Kier molecular flexibility index (Phi) is 8.58. The number of thiophene rings is 1. The number of para-hydroxylation sites is 1. The number of carbonyl (C=O) groups is 4. The van der Waals surface area contributed by atoms with Crippen molar-refractivity contribution >= 4 is 45.8 Å². The van der Waals surface area contributed by atoms with E-state index in [1.54, 1.807) is 50.2 Å². The molecule has 0 radical (unpaired) electrons. The van der Waals surface area contributed by atoms with E-state index < -0.39 is 30.4 Å². The normalized spacial score (nSPS) is 10.3. The van der Waals surface area contributed by atoms with Gasteiger partial charge in [-0.3, -0.25) is 9.59 Å². The topological polar surface area (TPSA) is 120 Å². The molecule has 35 heavy (non-hydrogen) atoms. The number of nitrogens with one attached hydrogen (secondary N) is 2. The summed E-state index contributed by atoms with van der Waals surface area (Å²) in [7, 11) is 1.51. The highest BCUT2D eigenvalue weighted by atomic mass is 32.1. The van der Waals surface area contributed by atoms with Crippen LogP contribution in [0.1, 0.15) is 42.9 Å². The first kappa shape index (κ1) is 25.4. The minimum Gasteiger partial charge on any atom is -0.497 e. The lowest BCUT2D eigenvalue weighted by atomic mass is 10.1. The Balaban J connectivity index is 1.74. The van der Waals surface area contributed by atoms with E-state index in [9.17, 15) is 19.2 Å². The molecule has 2 amide bonds. The second kappa shape index (κ2) is 11.8. The molecule has 0 atom stereocenters. The predicted molar refractivity (Wildman–Crippen MR) is 131 cm³/mol. The van der Waals surface area contributed by atoms with Gasteiger partial charge in [0.2, 0.25) is 0 Å². The van der Waals surface area contributed by atoms with E-state index in [1.165, 1.54) is 19.2 Å². The van der Waals surface area contributed by atoms with Gasteiger partial charge in [0.05, 0.1) is 29.7 Å². The third kappa shape index (κ3) is 6.45. The Morgan fingerprint density at radius 2 is 1.57 bits per heavy atom. The van der Waals surface area contributed by atoms with Crippen molar-refractivity contribution in [3.63, 3.8) is 0 Å². The minimum atomic E-state index is -0.696. The van der Waals surface area contributed by atoms with Gasteiger partial charge in [0.1, 0.15) is 10.8 Å². The first-order valence-corrected chi connectivity index (χ1v) is 11.4. The van der Waals surface area contributed by atoms with Gasteiger partial charge in [-0.2, -0.15) is 0 Å². The molecule has 9 nitrogen and oxygen atoms in total. The number of rotatable bonds is 9. The molecule has 2 N–H and O–H groups in total. The molecule has 10 heteroatoms. The molecule has 0 unspecified atom stereocenters. The van der Waals surface area contributed by atoms with E-state index in [2.05, 4.69) is 10.6 Å². The predicted octanol–water partition coefficient (Wildman–Crippen LogP) is 4.29. The van der Waals surface area contributed by atoms with Crippen LogP contribution in [0.2, 0.25) is 0 Å². The first-order chi connectivity index (χ1) is 16.8. The summed E-state index contributed by atoms with van der Waals surface area (Å²) in [5, 5.41) is 5.44. The van der Waals surface area contributed by atoms with Crippen LogP contribution in [0.5, 0.6) is 5.75 Å². The third-order valence-electron chi connectivity index (χ3n) is 4.78. The van der Waals surface area contributed by atoms with Gasteiger partial charge >= 0.3 is 11.9 Å². The summed E-state index contributed by atoms with van der Waals surface area (Å²) in [5.41, 5.74) is 1.27. The number of methoxy groups -OCH3 is 1. The lowest BCUT2D eigenvalue weighted by Crippen LogP contribution is -2.21. The van der Waals surface area contributed by atoms with Crippen LogP contribution in [-0.4, -0.2) is 44.1 Å². The number of hydrogen-bond acceptors (Lipinski definition) is 8. The monoisotopic (exact) mass is 496 g/mol. The second-order valence-electron chi connectivity index (χ2n) is 7.15. The van der Waals surface area contributed by atoms with Gasteiger partial charge in [-0.05, 0) is 55.8 Å². The number of benzene rings is 2. The molecule has 0 aliphatic rings. The molecule has 0 aliphatic carbocycles. The molecule has 0 saturated carbocycles. The molecule has 3 aromatic rings. The molecule has 182 valence electrons. The summed E-state index contributed by atoms with van der Waals surface area (Å²) >= 11 is 0.932. The number of ether oxygens (including phenoxy) is 3. The molecule has 0 fully saturated rings. The zero-order chi connectivity index (χ0) is 25.4. The van der Waals surface area contributed by atoms with Crippen molar-refractivity contribution in [2.45, 2.75) is 13.8 Å². The number of carbonyl (C=O) groups excluding carboxylic acids is 4. The summed E-state index contributed by atoms with van der Waals surface area (Å²) < 4.78 is 15.2. The highest BCUT2D eigenvalue weighted by molar-refractivity contribution is 7.19. The van der Waals surface area contributed by atoms with Gasteiger partial charge in [-0.15, -0.1) is 11.3 Å². The summed E-state index contributed by atoms with van der Waals surface area (Å²) in [4.78, 5) is 50.4. The fourth-order valence-electron chi connectivity index (χ4n) is 3.08. The van der Waals surface area contributed by atoms with Gasteiger partial charge in [0.15, 0.2) is 6.61 Å². The fraction of sp³-hybridized carbons (Fsp3) is 0.200. The SMILES string of the molecule is CCOC(=O)c1c(NC(=O)COC(=O)c2ccc(OC)cc2)sc(C(=O)Nc2ccccc2)c1C. The quantitative estimate of drug-likeness (QED) is 0.424. The van der Waals surface area contributed by atoms with Crippen molar-refractivity contribution < 1.29 is 33.4 Å². The molecule has 0 saturated heterocycles. The maximum absolute atomic E-state index is 12.8. The number of esters is 2. The van der Waals surface area contributed by atoms with Crippen LogP contribution in [-0.2, 0) is 14.3 Å². The second-order valence-corrected chi connectivity index (χ2v) is 8.17. The molecule has 2 aromatic carbocycles. The van der Waals surface area contributed by atoms with Crippen LogP contribution < -0.4 is 15.4 Å². The Labute approximate surface area is 206 Å². The van der Waals surface area contributed by atoms with Crippen molar-refractivity contribution in [1.29, 1.82) is 0 Å². The van der Waals surface area contributed by atoms with Gasteiger partial charge in [0.25, 0.3) is 11.8 Å². The van der Waals surface area contributed by atoms with E-state index >= 15 is 0 Å². The smallest absolute Gasteiger partial charge is 0.341 e. The van der Waals surface area contributed by atoms with Crippen LogP contribution in [0.15, 0.2) is 54.6 Å². The van der Waals surface area contributed by atoms with E-state index in [0.717, 1.165) is 11.3 Å². The number of anilines is 2. The molecule has 0 bridgehead atoms. The summed E-state index contributed by atoms with van der Waals surface area (Å²) in [5.74, 6) is -1.90. The van der Waals surface area contributed by atoms with Crippen LogP contribution in [0.4, 0.5) is 10.7 Å². The molecular formula is C25H24N2O7S. The fourth-order valence-corrected chi connectivity index (χ4v) is 4.19. The van der Waals surface area contributed by atoms with Crippen molar-refractivity contribution in [3.05, 3.63) is 76.2 Å². The molecule has 0 spiro atoms. The van der Waals surface area contributed by atoms with Crippen LogP contribution in [0.3, 0.4) is 0 Å². The van der Waals surface area contributed by atoms with Crippen molar-refractivity contribution in [1.82, 2.24) is 0 Å². The zero-order valence-corrected chi connectivity index (χ0v) is 20.2. The van der Waals surface area contributed by atoms with E-state index in [-0.39, 0.29) is 27.6 Å². The summed E-state index contributed by atoms with van der Waals surface area (Å²) in [6.07, 6.45) is 0. The summed E-state index contributed by atoms with van der Waals surface area (Å²) in [6, 6.07) is 15.0. The maximum atomic E-state index is 12.8. The highest BCUT2D eigenvalue weighted by Gasteiger charge is 2.27. The molecule has 0 aliphatic heterocycles. The molecular weight excluding hydrogens is 472 g/mol. The van der Waals surface area contributed by atoms with Gasteiger partial charge in [0, 0.05) is 5.69 Å². The standard InChI is InChI=1S/C25H24N2O7S/c1-4-33-25(31)20-15(2)21(22(29)26-17-8-6-5-7-9-17)35-23(20)27-19(28)14-34-24(30)16-10-12-18(32-3)13-11-16/h5-13H,4,14H2,1-3H3,(H,26,29)(H,27,28). The summed E-state index contributed by atoms with van der Waals surface area (Å²) in [6.45, 7) is 2.78.